The monoisotopic (exact) mass is 1820 g/mol. The maximum Gasteiger partial charge on any atom is 0.331 e. The molecule has 42 heteroatoms. The van der Waals surface area contributed by atoms with Gasteiger partial charge in [0.25, 0.3) is 0 Å². The standard InChI is InChI=1S/C85H130O42/c1-33-66(122-72-62(106)54(98)42(30-90)116-72)67(123-73-63(107)56(100)50(94)38(26-86)114-73)65(109)75(113-33)126-70-59(103)53(97)41(29-89)118-78(70)127-79(110)85-23-22-83(7)35(36(85)24-80(2,3)47(25-85)120-48(92)17-14-34-12-10-9-11-13-34)15-16-45-82(6)20-19-46(81(4,5)44(82)18-21-84(45,83)8)121-77-69(125-74-64(108)57(101)51(95)39(27-87)115-74)60(104)55(99)43(119-77)32-112-76-68(58(102)52(96)40(28-88)117-76)124-71-61(105)49(93)37(91)31-111-71/h9-15,17,33,36-47,49-78,86-91,93-109H,16,18-32H2,1-8H3/b17-14+/t33-,36-,37+,38+,39+,40+,41+,42-,43+,44-,45+,46-,47-,49-,50+,51+,52-,53+,54-,55+,56-,57-,58-,59-,60-,61+,62+,63+,64+,65?,66-,67-,68+,69+,70+,71-,72-,73-,74-,75-,76+,77-,78-,82-,83+,84+,85+/m0/s1. The maximum absolute atomic E-state index is 16.5. The molecule has 14 rings (SSSR count). The Bertz CT molecular complexity index is 3890. The Kier molecular flexibility index (Phi) is 30.5. The van der Waals surface area contributed by atoms with E-state index in [1.807, 2.05) is 33.8 Å². The van der Waals surface area contributed by atoms with Crippen molar-refractivity contribution < 1.29 is 208 Å². The lowest BCUT2D eigenvalue weighted by Gasteiger charge is -2.71. The molecule has 127 heavy (non-hydrogen) atoms. The Morgan fingerprint density at radius 1 is 0.425 bits per heavy atom. The summed E-state index contributed by atoms with van der Waals surface area (Å²) in [6.45, 7) is 10.4. The minimum Gasteiger partial charge on any atom is -0.459 e. The van der Waals surface area contributed by atoms with Crippen LogP contribution in [0, 0.1) is 50.2 Å². The lowest BCUT2D eigenvalue weighted by Crippen LogP contribution is -2.68. The van der Waals surface area contributed by atoms with Crippen LogP contribution in [0.15, 0.2) is 48.1 Å². The van der Waals surface area contributed by atoms with Gasteiger partial charge in [0.2, 0.25) is 6.29 Å². The van der Waals surface area contributed by atoms with E-state index < -0.39 is 342 Å². The number of ether oxygens (including phenoxy) is 17. The highest BCUT2D eigenvalue weighted by atomic mass is 16.8. The van der Waals surface area contributed by atoms with Gasteiger partial charge in [-0.1, -0.05) is 90.4 Å². The SMILES string of the molecule is C[C@@H]1O[C@@H](O[C@H]2[C@H](OC(=O)[C@@]34CC[C@]5(C)C(=CC[C@@H]6[C@@]7(C)CC[C@H](O[C@@H]8O[C@H](CO[C@@H]9O[C@H](CO)[C@H](O)[C@H](O)[C@H]9O[C@@H]9OC[C@@H](O)[C@H](O)[C@H]9O)[C@@H](O)[C@H](O)[C@H]8O[C@@H]8O[C@H](CO)[C@@H](O)[C@H](O)[C@H]8O)C(C)(C)[C@@H]7CC[C@]65C)[C@@H]3CC(C)(C)[C@@H](OC(=O)/C=C/c3ccccc3)C4)O[C@H](CO)[C@@H](O)[C@@H]2O)C(O)[C@H](O[C@@H]2O[C@H](CO)[C@@H](O)[C@H](O)[C@H]2O)[C@H]1O[C@@H]1O[C@@H](CO)[C@H](O)[C@H]1O. The topological polar surface area (TPSA) is 656 Å². The predicted octanol–water partition coefficient (Wildman–Crippen LogP) is -7.20. The first kappa shape index (κ1) is 99.1. The minimum absolute atomic E-state index is 0.0772. The lowest BCUT2D eigenvalue weighted by atomic mass is 9.33. The molecule has 0 radical (unpaired) electrons. The van der Waals surface area contributed by atoms with E-state index in [1.165, 1.54) is 13.0 Å². The number of rotatable bonds is 25. The second kappa shape index (κ2) is 39.1. The molecule has 8 saturated heterocycles. The largest absolute Gasteiger partial charge is 0.459 e. The molecule has 1 aromatic carbocycles. The molecule has 8 heterocycles. The molecule has 0 aromatic heterocycles. The van der Waals surface area contributed by atoms with Crippen LogP contribution in [0.2, 0.25) is 0 Å². The highest BCUT2D eigenvalue weighted by molar-refractivity contribution is 5.87. The molecular weight excluding hydrogens is 1690 g/mol. The quantitative estimate of drug-likeness (QED) is 0.0187. The van der Waals surface area contributed by atoms with Gasteiger partial charge >= 0.3 is 11.9 Å². The van der Waals surface area contributed by atoms with Crippen LogP contribution in [0.1, 0.15) is 119 Å². The normalized spacial score (nSPS) is 51.0. The summed E-state index contributed by atoms with van der Waals surface area (Å²) in [5.41, 5.74) is -3.51. The van der Waals surface area contributed by atoms with E-state index in [9.17, 15) is 122 Å². The molecule has 42 nitrogen and oxygen atoms in total. The zero-order chi connectivity index (χ0) is 92.1. The molecule has 722 valence electrons. The van der Waals surface area contributed by atoms with E-state index in [0.717, 1.165) is 5.57 Å². The lowest BCUT2D eigenvalue weighted by molar-refractivity contribution is -0.390. The Balaban J connectivity index is 0.750. The molecule has 0 spiro atoms. The van der Waals surface area contributed by atoms with Crippen LogP contribution in [0.4, 0.5) is 0 Å². The number of carbonyl (C=O) groups is 2. The van der Waals surface area contributed by atoms with E-state index >= 15 is 4.79 Å². The fraction of sp³-hybridized carbons (Fsp3) is 0.859. The fourth-order valence-electron chi connectivity index (χ4n) is 22.9. The summed E-state index contributed by atoms with van der Waals surface area (Å²) >= 11 is 0. The minimum atomic E-state index is -2.20. The third-order valence-corrected chi connectivity index (χ3v) is 30.7. The third kappa shape index (κ3) is 18.3. The van der Waals surface area contributed by atoms with E-state index in [1.54, 1.807) is 30.3 Å². The van der Waals surface area contributed by atoms with Crippen molar-refractivity contribution in [3.8, 4) is 0 Å². The number of benzene rings is 1. The molecule has 1 aromatic rings. The average molecular weight is 1820 g/mol. The summed E-state index contributed by atoms with van der Waals surface area (Å²) in [6.07, 6.45) is -63.2. The van der Waals surface area contributed by atoms with Gasteiger partial charge in [-0.25, -0.2) is 4.79 Å². The van der Waals surface area contributed by atoms with Gasteiger partial charge in [-0.05, 0) is 109 Å². The van der Waals surface area contributed by atoms with Crippen LogP contribution in [0.3, 0.4) is 0 Å². The van der Waals surface area contributed by atoms with Crippen LogP contribution < -0.4 is 0 Å². The molecule has 23 N–H and O–H groups in total. The van der Waals surface area contributed by atoms with Gasteiger partial charge in [-0.3, -0.25) is 4.79 Å². The number of esters is 2. The zero-order valence-corrected chi connectivity index (χ0v) is 71.8. The van der Waals surface area contributed by atoms with Crippen molar-refractivity contribution in [2.75, 3.05) is 46.2 Å². The number of aliphatic hydroxyl groups excluding tert-OH is 23. The number of aliphatic hydroxyl groups is 23. The van der Waals surface area contributed by atoms with E-state index in [4.69, 9.17) is 80.5 Å². The number of hydrogen-bond acceptors (Lipinski definition) is 42. The summed E-state index contributed by atoms with van der Waals surface area (Å²) < 4.78 is 104. The summed E-state index contributed by atoms with van der Waals surface area (Å²) in [6, 6.07) is 9.01. The number of allylic oxidation sites excluding steroid dienone is 2. The molecule has 1 unspecified atom stereocenters. The van der Waals surface area contributed by atoms with Crippen LogP contribution in [-0.4, -0.2) is 421 Å². The Hall–Kier alpha value is -3.88. The molecule has 0 bridgehead atoms. The van der Waals surface area contributed by atoms with Crippen LogP contribution in [0.25, 0.3) is 6.08 Å². The molecule has 8 aliphatic heterocycles. The smallest absolute Gasteiger partial charge is 0.331 e. The van der Waals surface area contributed by atoms with Crippen LogP contribution >= 0.6 is 0 Å². The van der Waals surface area contributed by atoms with Crippen molar-refractivity contribution >= 4 is 18.0 Å². The molecule has 0 amide bonds. The van der Waals surface area contributed by atoms with Gasteiger partial charge in [0, 0.05) is 17.9 Å². The summed E-state index contributed by atoms with van der Waals surface area (Å²) in [5, 5.41) is 254. The second-order valence-corrected chi connectivity index (χ2v) is 38.8. The Morgan fingerprint density at radius 2 is 0.890 bits per heavy atom. The Labute approximate surface area is 731 Å². The highest BCUT2D eigenvalue weighted by Crippen LogP contribution is 2.76. The van der Waals surface area contributed by atoms with Gasteiger partial charge in [0.05, 0.1) is 63.9 Å². The third-order valence-electron chi connectivity index (χ3n) is 30.7. The first-order chi connectivity index (χ1) is 60.0. The zero-order valence-electron chi connectivity index (χ0n) is 71.8. The molecule has 47 atom stereocenters. The van der Waals surface area contributed by atoms with Gasteiger partial charge < -0.3 is 198 Å². The van der Waals surface area contributed by atoms with Gasteiger partial charge in [0.15, 0.2) is 50.1 Å². The molecule has 5 aliphatic carbocycles. The van der Waals surface area contributed by atoms with Crippen LogP contribution in [-0.2, 0) is 90.1 Å². The summed E-state index contributed by atoms with van der Waals surface area (Å²) in [5.74, 6) is -2.62. The number of fused-ring (bicyclic) bond motifs is 7. The summed E-state index contributed by atoms with van der Waals surface area (Å²) in [7, 11) is 0. The maximum atomic E-state index is 16.5. The first-order valence-electron chi connectivity index (χ1n) is 43.9. The predicted molar refractivity (Wildman–Crippen MR) is 421 cm³/mol. The van der Waals surface area contributed by atoms with Gasteiger partial charge in [-0.15, -0.1) is 0 Å². The van der Waals surface area contributed by atoms with E-state index in [-0.39, 0.29) is 31.1 Å². The molecule has 12 fully saturated rings. The molecule has 4 saturated carbocycles. The van der Waals surface area contributed by atoms with Crippen molar-refractivity contribution in [2.45, 2.75) is 359 Å². The van der Waals surface area contributed by atoms with Crippen molar-refractivity contribution in [3.05, 3.63) is 53.6 Å². The average Bonchev–Trinajstić information content (AvgIpc) is 0.942. The van der Waals surface area contributed by atoms with Crippen molar-refractivity contribution in [3.63, 3.8) is 0 Å². The number of hydrogen-bond donors (Lipinski definition) is 23. The summed E-state index contributed by atoms with van der Waals surface area (Å²) in [4.78, 5) is 30.8. The van der Waals surface area contributed by atoms with E-state index in [2.05, 4.69) is 26.8 Å². The van der Waals surface area contributed by atoms with E-state index in [0.29, 0.717) is 44.1 Å². The molecule has 13 aliphatic rings. The van der Waals surface area contributed by atoms with Crippen molar-refractivity contribution in [1.29, 1.82) is 0 Å². The van der Waals surface area contributed by atoms with Crippen LogP contribution in [0.5, 0.6) is 0 Å². The Morgan fingerprint density at radius 3 is 1.46 bits per heavy atom. The van der Waals surface area contributed by atoms with Crippen molar-refractivity contribution in [2.24, 2.45) is 50.2 Å². The number of carbonyl (C=O) groups excluding carboxylic acids is 2. The molecular formula is C85H130O42. The van der Waals surface area contributed by atoms with Gasteiger partial charge in [-0.2, -0.15) is 0 Å². The fourth-order valence-corrected chi connectivity index (χ4v) is 22.9. The van der Waals surface area contributed by atoms with Crippen molar-refractivity contribution in [1.82, 2.24) is 0 Å². The highest BCUT2D eigenvalue weighted by Gasteiger charge is 2.72. The first-order valence-corrected chi connectivity index (χ1v) is 43.9. The van der Waals surface area contributed by atoms with Gasteiger partial charge in [0.1, 0.15) is 177 Å². The second-order valence-electron chi connectivity index (χ2n) is 38.8.